The van der Waals surface area contributed by atoms with Crippen LogP contribution >= 0.6 is 0 Å². The van der Waals surface area contributed by atoms with Gasteiger partial charge in [0.15, 0.2) is 5.82 Å². The molecule has 4 rings (SSSR count). The zero-order valence-electron chi connectivity index (χ0n) is 10.4. The van der Waals surface area contributed by atoms with Crippen molar-refractivity contribution in [3.63, 3.8) is 0 Å². The molecule has 0 spiro atoms. The topological polar surface area (TPSA) is 69.6 Å². The molecule has 0 radical (unpaired) electrons. The molecule has 0 amide bonds. The van der Waals surface area contributed by atoms with Crippen LogP contribution in [0.2, 0.25) is 0 Å². The van der Waals surface area contributed by atoms with Gasteiger partial charge in [-0.25, -0.2) is 4.39 Å². The number of anilines is 1. The molecule has 98 valence electrons. The van der Waals surface area contributed by atoms with Gasteiger partial charge in [0.25, 0.3) is 0 Å². The number of benzene rings is 1. The maximum absolute atomic E-state index is 13.7. The summed E-state index contributed by atoms with van der Waals surface area (Å²) in [6, 6.07) is 3.20. The first-order valence-electron chi connectivity index (χ1n) is 6.61. The number of nitrogens with two attached hydrogens (primary N) is 1. The summed E-state index contributed by atoms with van der Waals surface area (Å²) in [7, 11) is 0. The zero-order chi connectivity index (χ0) is 13.0. The number of nitrogen functional groups attached to an aromatic ring is 1. The first-order valence-corrected chi connectivity index (χ1v) is 6.61. The second kappa shape index (κ2) is 3.76. The van der Waals surface area contributed by atoms with Crippen LogP contribution in [0.25, 0.3) is 5.69 Å². The molecule has 0 bridgehead atoms. The highest BCUT2D eigenvalue weighted by molar-refractivity contribution is 5.55. The molecule has 0 unspecified atom stereocenters. The van der Waals surface area contributed by atoms with Gasteiger partial charge in [0.05, 0.1) is 11.4 Å². The summed E-state index contributed by atoms with van der Waals surface area (Å²) in [6.07, 6.45) is 4.43. The third-order valence-corrected chi connectivity index (χ3v) is 3.83. The molecule has 0 aliphatic heterocycles. The fourth-order valence-corrected chi connectivity index (χ4v) is 2.46. The van der Waals surface area contributed by atoms with Gasteiger partial charge in [-0.3, -0.25) is 0 Å². The highest BCUT2D eigenvalue weighted by Gasteiger charge is 2.33. The van der Waals surface area contributed by atoms with Crippen molar-refractivity contribution in [1.29, 1.82) is 0 Å². The van der Waals surface area contributed by atoms with Gasteiger partial charge in [0.1, 0.15) is 5.82 Å². The summed E-state index contributed by atoms with van der Waals surface area (Å²) in [5, 5.41) is 11.9. The summed E-state index contributed by atoms with van der Waals surface area (Å²) in [5.74, 6) is 1.37. The Morgan fingerprint density at radius 3 is 2.58 bits per heavy atom. The Morgan fingerprint density at radius 2 is 1.89 bits per heavy atom. The molecule has 0 saturated heterocycles. The van der Waals surface area contributed by atoms with E-state index < -0.39 is 0 Å². The van der Waals surface area contributed by atoms with Crippen LogP contribution in [0, 0.1) is 5.82 Å². The minimum atomic E-state index is -0.355. The Balaban J connectivity index is 1.88. The van der Waals surface area contributed by atoms with Gasteiger partial charge in [0, 0.05) is 5.92 Å². The van der Waals surface area contributed by atoms with Crippen molar-refractivity contribution in [2.24, 2.45) is 0 Å². The van der Waals surface area contributed by atoms with Crippen LogP contribution in [0.5, 0.6) is 0 Å². The van der Waals surface area contributed by atoms with Gasteiger partial charge in [-0.05, 0) is 59.7 Å². The molecular formula is C13H14FN5. The number of hydrogen-bond acceptors (Lipinski definition) is 4. The molecule has 1 aromatic carbocycles. The Hall–Kier alpha value is -1.98. The van der Waals surface area contributed by atoms with Crippen molar-refractivity contribution in [3.05, 3.63) is 29.3 Å². The number of aromatic nitrogens is 4. The minimum absolute atomic E-state index is 0.150. The van der Waals surface area contributed by atoms with Crippen LogP contribution in [0.1, 0.15) is 48.9 Å². The molecule has 2 saturated carbocycles. The standard InChI is InChI=1S/C13H14FN5/c14-10-5-9(7-1-2-7)12(6-11(10)15)19-13(8-3-4-8)16-17-18-19/h5-8H,1-4,15H2. The van der Waals surface area contributed by atoms with Crippen LogP contribution < -0.4 is 5.73 Å². The lowest BCUT2D eigenvalue weighted by atomic mass is 10.1. The molecule has 2 aliphatic carbocycles. The van der Waals surface area contributed by atoms with E-state index in [1.807, 2.05) is 0 Å². The summed E-state index contributed by atoms with van der Waals surface area (Å²) >= 11 is 0. The lowest BCUT2D eigenvalue weighted by Crippen LogP contribution is -2.07. The first-order chi connectivity index (χ1) is 9.24. The van der Waals surface area contributed by atoms with Crippen molar-refractivity contribution < 1.29 is 4.39 Å². The quantitative estimate of drug-likeness (QED) is 0.857. The van der Waals surface area contributed by atoms with E-state index in [-0.39, 0.29) is 11.5 Å². The molecule has 2 aromatic rings. The van der Waals surface area contributed by atoms with Gasteiger partial charge >= 0.3 is 0 Å². The average Bonchev–Trinajstić information content (AvgIpc) is 3.31. The molecule has 5 nitrogen and oxygen atoms in total. The number of halogens is 1. The summed E-state index contributed by atoms with van der Waals surface area (Å²) < 4.78 is 15.4. The van der Waals surface area contributed by atoms with E-state index >= 15 is 0 Å². The highest BCUT2D eigenvalue weighted by atomic mass is 19.1. The fourth-order valence-electron chi connectivity index (χ4n) is 2.46. The van der Waals surface area contributed by atoms with Crippen molar-refractivity contribution in [2.75, 3.05) is 5.73 Å². The lowest BCUT2D eigenvalue weighted by molar-refractivity contribution is 0.628. The molecule has 2 fully saturated rings. The van der Waals surface area contributed by atoms with Gasteiger partial charge < -0.3 is 5.73 Å². The minimum Gasteiger partial charge on any atom is -0.396 e. The van der Waals surface area contributed by atoms with Crippen LogP contribution in [-0.4, -0.2) is 20.2 Å². The van der Waals surface area contributed by atoms with E-state index in [1.165, 1.54) is 0 Å². The SMILES string of the molecule is Nc1cc(-n2nnnc2C2CC2)c(C2CC2)cc1F. The van der Waals surface area contributed by atoms with Gasteiger partial charge in [-0.2, -0.15) is 4.68 Å². The molecule has 0 atom stereocenters. The van der Waals surface area contributed by atoms with Crippen LogP contribution in [0.15, 0.2) is 12.1 Å². The molecular weight excluding hydrogens is 245 g/mol. The highest BCUT2D eigenvalue weighted by Crippen LogP contribution is 2.45. The third kappa shape index (κ3) is 1.78. The average molecular weight is 259 g/mol. The largest absolute Gasteiger partial charge is 0.396 e. The Bertz CT molecular complexity index is 642. The van der Waals surface area contributed by atoms with Gasteiger partial charge in [0.2, 0.25) is 0 Å². The predicted octanol–water partition coefficient (Wildman–Crippen LogP) is 2.14. The van der Waals surface area contributed by atoms with E-state index in [4.69, 9.17) is 5.73 Å². The number of hydrogen-bond donors (Lipinski definition) is 1. The number of tetrazole rings is 1. The second-order valence-electron chi connectivity index (χ2n) is 5.43. The Morgan fingerprint density at radius 1 is 1.16 bits per heavy atom. The molecule has 1 heterocycles. The molecule has 6 heteroatoms. The molecule has 2 aliphatic rings. The Kier molecular flexibility index (Phi) is 2.15. The first kappa shape index (κ1) is 10.9. The third-order valence-electron chi connectivity index (χ3n) is 3.83. The second-order valence-corrected chi connectivity index (χ2v) is 5.43. The van der Waals surface area contributed by atoms with Gasteiger partial charge in [-0.15, -0.1) is 5.10 Å². The monoisotopic (exact) mass is 259 g/mol. The predicted molar refractivity (Wildman–Crippen MR) is 67.5 cm³/mol. The summed E-state index contributed by atoms with van der Waals surface area (Å²) in [4.78, 5) is 0. The van der Waals surface area contributed by atoms with Crippen LogP contribution in [0.3, 0.4) is 0 Å². The van der Waals surface area contributed by atoms with E-state index in [1.54, 1.807) is 16.8 Å². The smallest absolute Gasteiger partial charge is 0.159 e. The zero-order valence-corrected chi connectivity index (χ0v) is 10.4. The van der Waals surface area contributed by atoms with Crippen molar-refractivity contribution in [1.82, 2.24) is 20.2 Å². The van der Waals surface area contributed by atoms with E-state index in [2.05, 4.69) is 15.5 Å². The summed E-state index contributed by atoms with van der Waals surface area (Å²) in [5.41, 5.74) is 7.66. The van der Waals surface area contributed by atoms with Crippen LogP contribution in [0.4, 0.5) is 10.1 Å². The lowest BCUT2D eigenvalue weighted by Gasteiger charge is -2.11. The fraction of sp³-hybridized carbons (Fsp3) is 0.462. The van der Waals surface area contributed by atoms with Crippen molar-refractivity contribution >= 4 is 5.69 Å². The van der Waals surface area contributed by atoms with E-state index in [9.17, 15) is 4.39 Å². The normalized spacial score (nSPS) is 18.8. The molecule has 2 N–H and O–H groups in total. The maximum atomic E-state index is 13.7. The molecule has 1 aromatic heterocycles. The maximum Gasteiger partial charge on any atom is 0.159 e. The van der Waals surface area contributed by atoms with E-state index in [0.717, 1.165) is 42.8 Å². The number of rotatable bonds is 3. The summed E-state index contributed by atoms with van der Waals surface area (Å²) in [6.45, 7) is 0. The van der Waals surface area contributed by atoms with Crippen molar-refractivity contribution in [3.8, 4) is 5.69 Å². The number of nitrogens with zero attached hydrogens (tertiary/aromatic N) is 4. The molecule has 19 heavy (non-hydrogen) atoms. The van der Waals surface area contributed by atoms with Gasteiger partial charge in [-0.1, -0.05) is 0 Å². The van der Waals surface area contributed by atoms with E-state index in [0.29, 0.717) is 11.8 Å². The Labute approximate surface area is 109 Å². The van der Waals surface area contributed by atoms with Crippen molar-refractivity contribution in [2.45, 2.75) is 37.5 Å². The van der Waals surface area contributed by atoms with Crippen LogP contribution in [-0.2, 0) is 0 Å².